The van der Waals surface area contributed by atoms with Crippen LogP contribution in [0.3, 0.4) is 0 Å². The summed E-state index contributed by atoms with van der Waals surface area (Å²) in [5, 5.41) is 0. The highest BCUT2D eigenvalue weighted by atomic mass is 127. The highest BCUT2D eigenvalue weighted by Crippen LogP contribution is 2.38. The molecule has 0 saturated heterocycles. The molecule has 2 aromatic carbocycles. The monoisotopic (exact) mass is 574 g/mol. The number of hydrogen-bond donors (Lipinski definition) is 0. The zero-order valence-electron chi connectivity index (χ0n) is 17.8. The summed E-state index contributed by atoms with van der Waals surface area (Å²) in [6, 6.07) is 12.7. The van der Waals surface area contributed by atoms with Crippen LogP contribution in [0.15, 0.2) is 63.5 Å². The number of fused-ring (bicyclic) bond motifs is 2. The third-order valence-electron chi connectivity index (χ3n) is 5.40. The van der Waals surface area contributed by atoms with Gasteiger partial charge in [-0.15, -0.1) is 0 Å². The first-order valence-electron chi connectivity index (χ1n) is 10.3. The first-order valence-corrected chi connectivity index (χ1v) is 12.2. The number of nitrogens with zero attached hydrogens (tertiary/aromatic N) is 2. The van der Waals surface area contributed by atoms with Gasteiger partial charge in [-0.1, -0.05) is 29.5 Å². The summed E-state index contributed by atoms with van der Waals surface area (Å²) in [5.74, 6) is 0.711. The van der Waals surface area contributed by atoms with Crippen LogP contribution in [-0.4, -0.2) is 23.9 Å². The minimum Gasteiger partial charge on any atom is -0.463 e. The quantitative estimate of drug-likeness (QED) is 0.354. The third-order valence-corrected chi connectivity index (χ3v) is 7.10. The van der Waals surface area contributed by atoms with Gasteiger partial charge in [0.1, 0.15) is 0 Å². The van der Waals surface area contributed by atoms with E-state index in [0.717, 1.165) is 14.7 Å². The van der Waals surface area contributed by atoms with Crippen molar-refractivity contribution in [3.8, 4) is 11.5 Å². The maximum atomic E-state index is 13.6. The Morgan fingerprint density at radius 3 is 2.76 bits per heavy atom. The van der Waals surface area contributed by atoms with E-state index in [2.05, 4.69) is 27.6 Å². The molecule has 1 aromatic heterocycles. The second-order valence-electron chi connectivity index (χ2n) is 7.47. The molecule has 0 bridgehead atoms. The van der Waals surface area contributed by atoms with Crippen LogP contribution in [0.2, 0.25) is 0 Å². The number of benzene rings is 2. The van der Waals surface area contributed by atoms with Gasteiger partial charge in [-0.3, -0.25) is 9.36 Å². The van der Waals surface area contributed by atoms with Crippen molar-refractivity contribution >= 4 is 46.0 Å². The smallest absolute Gasteiger partial charge is 0.338 e. The van der Waals surface area contributed by atoms with E-state index in [4.69, 9.17) is 14.2 Å². The predicted octanol–water partition coefficient (Wildman–Crippen LogP) is 3.13. The number of aromatic nitrogens is 1. The van der Waals surface area contributed by atoms with Crippen LogP contribution in [0.25, 0.3) is 6.08 Å². The number of ether oxygens (including phenoxy) is 3. The van der Waals surface area contributed by atoms with Crippen molar-refractivity contribution in [1.29, 1.82) is 0 Å². The van der Waals surface area contributed by atoms with Gasteiger partial charge >= 0.3 is 5.97 Å². The van der Waals surface area contributed by atoms with E-state index in [9.17, 15) is 9.59 Å². The number of hydrogen-bond acceptors (Lipinski definition) is 7. The lowest BCUT2D eigenvalue weighted by molar-refractivity contribution is -0.139. The Balaban J connectivity index is 1.72. The minimum atomic E-state index is -0.686. The average Bonchev–Trinajstić information content (AvgIpc) is 3.38. The number of carbonyl (C=O) groups excluding carboxylic acids is 1. The minimum absolute atomic E-state index is 0.136. The zero-order chi connectivity index (χ0) is 23.1. The van der Waals surface area contributed by atoms with Gasteiger partial charge in [-0.2, -0.15) is 0 Å². The molecule has 0 fully saturated rings. The van der Waals surface area contributed by atoms with Crippen molar-refractivity contribution in [3.63, 3.8) is 0 Å². The van der Waals surface area contributed by atoms with Crippen LogP contribution in [0.4, 0.5) is 0 Å². The van der Waals surface area contributed by atoms with Crippen LogP contribution < -0.4 is 24.4 Å². The summed E-state index contributed by atoms with van der Waals surface area (Å²) in [4.78, 5) is 31.7. The molecule has 0 spiro atoms. The number of allylic oxidation sites excluding steroid dienone is 1. The van der Waals surface area contributed by atoms with Crippen molar-refractivity contribution in [2.75, 3.05) is 13.4 Å². The molecule has 0 aliphatic carbocycles. The highest BCUT2D eigenvalue weighted by molar-refractivity contribution is 14.1. The Hall–Kier alpha value is -2.92. The van der Waals surface area contributed by atoms with Crippen LogP contribution in [0.5, 0.6) is 11.5 Å². The van der Waals surface area contributed by atoms with Gasteiger partial charge in [-0.05, 0) is 77.9 Å². The molecule has 0 saturated carbocycles. The number of carbonyl (C=O) groups is 1. The molecule has 33 heavy (non-hydrogen) atoms. The van der Waals surface area contributed by atoms with Crippen LogP contribution in [0, 0.1) is 3.57 Å². The first-order chi connectivity index (χ1) is 16.0. The highest BCUT2D eigenvalue weighted by Gasteiger charge is 2.34. The molecular formula is C24H19IN2O5S. The van der Waals surface area contributed by atoms with Crippen LogP contribution in [-0.2, 0) is 9.53 Å². The summed E-state index contributed by atoms with van der Waals surface area (Å²) in [6.45, 7) is 3.87. The van der Waals surface area contributed by atoms with Gasteiger partial charge in [0.25, 0.3) is 5.56 Å². The molecule has 5 rings (SSSR count). The lowest BCUT2D eigenvalue weighted by atomic mass is 9.95. The molecule has 3 aromatic rings. The molecule has 0 radical (unpaired) electrons. The summed E-state index contributed by atoms with van der Waals surface area (Å²) in [5.41, 5.74) is 2.29. The fraction of sp³-hybridized carbons (Fsp3) is 0.208. The molecule has 0 amide bonds. The molecule has 0 unspecified atom stereocenters. The largest absolute Gasteiger partial charge is 0.463 e. The molecule has 1 atom stereocenters. The van der Waals surface area contributed by atoms with Crippen LogP contribution >= 0.6 is 33.9 Å². The summed E-state index contributed by atoms with van der Waals surface area (Å²) in [7, 11) is 0. The van der Waals surface area contributed by atoms with Crippen molar-refractivity contribution in [2.45, 2.75) is 19.9 Å². The Morgan fingerprint density at radius 1 is 1.24 bits per heavy atom. The Kier molecular flexibility index (Phi) is 5.83. The summed E-state index contributed by atoms with van der Waals surface area (Å²) >= 11 is 3.54. The maximum Gasteiger partial charge on any atom is 0.338 e. The van der Waals surface area contributed by atoms with E-state index in [1.54, 1.807) is 30.5 Å². The predicted molar refractivity (Wildman–Crippen MR) is 132 cm³/mol. The standard InChI is InChI=1S/C24H19IN2O5S/c1-3-30-23(29)20-13(2)26-24-27(21(20)15-6-9-17-18(11-15)32-12-31-17)22(28)19(33-24)10-14-4-7-16(25)8-5-14/h4-11,21H,3,12H2,1-2H3/t21-/m1/s1. The molecule has 2 aliphatic rings. The van der Waals surface area contributed by atoms with Crippen molar-refractivity contribution in [1.82, 2.24) is 4.57 Å². The normalized spacial score (nSPS) is 17.1. The first kappa shape index (κ1) is 21.9. The molecule has 168 valence electrons. The second kappa shape index (κ2) is 8.79. The zero-order valence-corrected chi connectivity index (χ0v) is 20.8. The van der Waals surface area contributed by atoms with E-state index in [-0.39, 0.29) is 19.0 Å². The van der Waals surface area contributed by atoms with E-state index < -0.39 is 12.0 Å². The van der Waals surface area contributed by atoms with Crippen molar-refractivity contribution in [3.05, 3.63) is 88.1 Å². The number of thiazole rings is 1. The SMILES string of the molecule is CCOC(=O)C1=C(C)N=c2sc(=Cc3ccc(I)cc3)c(=O)n2[C@@H]1c1ccc2c(c1)OCO2. The number of halogens is 1. The topological polar surface area (TPSA) is 79.1 Å². The average molecular weight is 574 g/mol. The molecule has 2 aliphatic heterocycles. The third kappa shape index (κ3) is 3.99. The Bertz CT molecular complexity index is 1470. The summed E-state index contributed by atoms with van der Waals surface area (Å²) < 4.78 is 19.5. The van der Waals surface area contributed by atoms with Crippen molar-refractivity contribution < 1.29 is 19.0 Å². The van der Waals surface area contributed by atoms with E-state index in [1.807, 2.05) is 36.4 Å². The second-order valence-corrected chi connectivity index (χ2v) is 9.72. The fourth-order valence-electron chi connectivity index (χ4n) is 3.90. The number of esters is 1. The molecule has 7 nitrogen and oxygen atoms in total. The van der Waals surface area contributed by atoms with Gasteiger partial charge in [0.05, 0.1) is 28.5 Å². The van der Waals surface area contributed by atoms with Crippen molar-refractivity contribution in [2.24, 2.45) is 4.99 Å². The number of rotatable bonds is 4. The molecule has 0 N–H and O–H groups in total. The molecule has 3 heterocycles. The van der Waals surface area contributed by atoms with E-state index in [0.29, 0.717) is 32.1 Å². The van der Waals surface area contributed by atoms with Gasteiger partial charge in [0.2, 0.25) is 6.79 Å². The Labute approximate surface area is 206 Å². The molecular weight excluding hydrogens is 555 g/mol. The lowest BCUT2D eigenvalue weighted by Crippen LogP contribution is -2.39. The van der Waals surface area contributed by atoms with E-state index in [1.165, 1.54) is 11.3 Å². The summed E-state index contributed by atoms with van der Waals surface area (Å²) in [6.07, 6.45) is 1.85. The fourth-order valence-corrected chi connectivity index (χ4v) is 5.31. The lowest BCUT2D eigenvalue weighted by Gasteiger charge is -2.24. The van der Waals surface area contributed by atoms with Gasteiger partial charge in [0.15, 0.2) is 16.3 Å². The maximum absolute atomic E-state index is 13.6. The van der Waals surface area contributed by atoms with Crippen LogP contribution in [0.1, 0.15) is 31.0 Å². The van der Waals surface area contributed by atoms with Gasteiger partial charge < -0.3 is 14.2 Å². The Morgan fingerprint density at radius 2 is 2.00 bits per heavy atom. The van der Waals surface area contributed by atoms with Gasteiger partial charge in [0, 0.05) is 3.57 Å². The van der Waals surface area contributed by atoms with Gasteiger partial charge in [-0.25, -0.2) is 9.79 Å². The van der Waals surface area contributed by atoms with E-state index >= 15 is 0 Å². The molecule has 9 heteroatoms.